The first-order chi connectivity index (χ1) is 13.3. The van der Waals surface area contributed by atoms with Crippen molar-refractivity contribution >= 4 is 5.78 Å². The molecule has 1 aliphatic heterocycles. The predicted octanol–water partition coefficient (Wildman–Crippen LogP) is 2.56. The summed E-state index contributed by atoms with van der Waals surface area (Å²) in [6.45, 7) is 1.60. The van der Waals surface area contributed by atoms with Crippen molar-refractivity contribution in [1.82, 2.24) is 9.88 Å². The summed E-state index contributed by atoms with van der Waals surface area (Å²) >= 11 is 0. The number of carbonyl (C=O) groups is 1. The number of ketones is 1. The molecular weight excluding hydrogens is 366 g/mol. The summed E-state index contributed by atoms with van der Waals surface area (Å²) in [4.78, 5) is 18.4. The van der Waals surface area contributed by atoms with Gasteiger partial charge in [-0.05, 0) is 48.4 Å². The molecule has 1 aromatic carbocycles. The molecule has 0 spiro atoms. The largest absolute Gasteiger partial charge is 0.506 e. The smallest absolute Gasteiger partial charge is 0.195 e. The minimum Gasteiger partial charge on any atom is -0.506 e. The number of Topliss-reactive ketones (excluding diaryl/α,β-unsaturated/α-hetero) is 1. The molecular formula is C21H22F2N2O3. The first-order valence-corrected chi connectivity index (χ1v) is 9.39. The van der Waals surface area contributed by atoms with Gasteiger partial charge in [0, 0.05) is 19.5 Å². The van der Waals surface area contributed by atoms with Crippen molar-refractivity contribution in [1.29, 1.82) is 0 Å². The predicted molar refractivity (Wildman–Crippen MR) is 97.9 cm³/mol. The van der Waals surface area contributed by atoms with Crippen LogP contribution in [0.25, 0.3) is 0 Å². The molecule has 0 radical (unpaired) electrons. The molecule has 5 nitrogen and oxygen atoms in total. The Morgan fingerprint density at radius 1 is 1.18 bits per heavy atom. The molecule has 0 bridgehead atoms. The topological polar surface area (TPSA) is 73.7 Å². The fourth-order valence-corrected chi connectivity index (χ4v) is 4.71. The number of likely N-dealkylation sites (tertiary alicyclic amines) is 1. The highest BCUT2D eigenvalue weighted by Gasteiger charge is 2.48. The Hall–Kier alpha value is -2.38. The van der Waals surface area contributed by atoms with Crippen LogP contribution in [0.4, 0.5) is 8.78 Å². The summed E-state index contributed by atoms with van der Waals surface area (Å²) in [7, 11) is 0. The number of aromatic nitrogens is 1. The van der Waals surface area contributed by atoms with Gasteiger partial charge in [-0.25, -0.2) is 13.8 Å². The Morgan fingerprint density at radius 3 is 2.54 bits per heavy atom. The zero-order chi connectivity index (χ0) is 19.9. The van der Waals surface area contributed by atoms with Gasteiger partial charge >= 0.3 is 0 Å². The van der Waals surface area contributed by atoms with E-state index in [9.17, 15) is 23.8 Å². The Kier molecular flexibility index (Phi) is 4.89. The van der Waals surface area contributed by atoms with E-state index in [-0.39, 0.29) is 41.9 Å². The second-order valence-electron chi connectivity index (χ2n) is 8.06. The quantitative estimate of drug-likeness (QED) is 0.771. The lowest BCUT2D eigenvalue weighted by Gasteiger charge is -2.26. The highest BCUT2D eigenvalue weighted by molar-refractivity contribution is 5.95. The van der Waals surface area contributed by atoms with E-state index in [0.717, 1.165) is 6.07 Å². The Morgan fingerprint density at radius 2 is 1.89 bits per heavy atom. The van der Waals surface area contributed by atoms with Gasteiger partial charge in [-0.2, -0.15) is 0 Å². The number of nitrogens with zero attached hydrogens (tertiary/aromatic N) is 2. The minimum atomic E-state index is -1.04. The Balaban J connectivity index is 1.35. The number of rotatable bonds is 5. The van der Waals surface area contributed by atoms with Gasteiger partial charge in [-0.1, -0.05) is 12.1 Å². The lowest BCUT2D eigenvalue weighted by atomic mass is 9.91. The van der Waals surface area contributed by atoms with Crippen molar-refractivity contribution in [3.05, 3.63) is 59.4 Å². The molecule has 2 heterocycles. The average molecular weight is 388 g/mol. The maximum atomic E-state index is 14.0. The van der Waals surface area contributed by atoms with E-state index in [2.05, 4.69) is 9.88 Å². The van der Waals surface area contributed by atoms with E-state index in [1.165, 1.54) is 30.5 Å². The first-order valence-electron chi connectivity index (χ1n) is 9.39. The number of hydrogen-bond acceptors (Lipinski definition) is 5. The van der Waals surface area contributed by atoms with E-state index in [4.69, 9.17) is 0 Å². The molecule has 2 atom stereocenters. The number of hydrogen-bond donors (Lipinski definition) is 2. The molecule has 1 saturated heterocycles. The van der Waals surface area contributed by atoms with Crippen LogP contribution in [-0.4, -0.2) is 51.1 Å². The van der Waals surface area contributed by atoms with E-state index in [1.54, 1.807) is 0 Å². The number of aliphatic hydroxyl groups is 1. The second kappa shape index (κ2) is 7.22. The van der Waals surface area contributed by atoms with Crippen LogP contribution in [0.2, 0.25) is 0 Å². The van der Waals surface area contributed by atoms with Gasteiger partial charge in [-0.3, -0.25) is 9.69 Å². The van der Waals surface area contributed by atoms with Gasteiger partial charge in [0.05, 0.1) is 18.3 Å². The Bertz CT molecular complexity index is 874. The van der Waals surface area contributed by atoms with Gasteiger partial charge in [0.25, 0.3) is 0 Å². The molecule has 2 aliphatic rings. The average Bonchev–Trinajstić information content (AvgIpc) is 3.13. The molecule has 0 amide bonds. The molecule has 1 saturated carbocycles. The molecule has 2 N–H and O–H groups in total. The molecule has 2 fully saturated rings. The molecule has 148 valence electrons. The van der Waals surface area contributed by atoms with Crippen LogP contribution in [0.5, 0.6) is 5.75 Å². The highest BCUT2D eigenvalue weighted by Crippen LogP contribution is 2.45. The van der Waals surface area contributed by atoms with Gasteiger partial charge in [0.2, 0.25) is 0 Å². The van der Waals surface area contributed by atoms with E-state index in [0.29, 0.717) is 31.6 Å². The van der Waals surface area contributed by atoms with E-state index < -0.39 is 17.2 Å². The number of aromatic hydroxyl groups is 1. The van der Waals surface area contributed by atoms with Gasteiger partial charge in [0.1, 0.15) is 11.4 Å². The van der Waals surface area contributed by atoms with Crippen molar-refractivity contribution < 1.29 is 23.8 Å². The van der Waals surface area contributed by atoms with Crippen molar-refractivity contribution in [3.63, 3.8) is 0 Å². The fourth-order valence-electron chi connectivity index (χ4n) is 4.71. The number of benzene rings is 1. The minimum absolute atomic E-state index is 0.0151. The van der Waals surface area contributed by atoms with Crippen molar-refractivity contribution in [2.45, 2.75) is 24.9 Å². The molecule has 2 aromatic rings. The third kappa shape index (κ3) is 3.77. The van der Waals surface area contributed by atoms with Crippen LogP contribution in [0.15, 0.2) is 36.5 Å². The van der Waals surface area contributed by atoms with E-state index in [1.807, 2.05) is 0 Å². The Labute approximate surface area is 161 Å². The summed E-state index contributed by atoms with van der Waals surface area (Å²) in [5.74, 6) is -1.43. The van der Waals surface area contributed by atoms with Crippen molar-refractivity contribution in [2.75, 3.05) is 19.6 Å². The second-order valence-corrected chi connectivity index (χ2v) is 8.06. The fraction of sp³-hybridized carbons (Fsp3) is 0.429. The van der Waals surface area contributed by atoms with Gasteiger partial charge in [0.15, 0.2) is 17.4 Å². The maximum absolute atomic E-state index is 14.0. The van der Waals surface area contributed by atoms with Crippen LogP contribution >= 0.6 is 0 Å². The lowest BCUT2D eigenvalue weighted by Crippen LogP contribution is -2.34. The molecule has 1 aromatic heterocycles. The summed E-state index contributed by atoms with van der Waals surface area (Å²) in [6.07, 6.45) is 2.36. The maximum Gasteiger partial charge on any atom is 0.195 e. The number of halogens is 2. The van der Waals surface area contributed by atoms with Gasteiger partial charge < -0.3 is 10.2 Å². The van der Waals surface area contributed by atoms with E-state index >= 15 is 0 Å². The molecule has 4 rings (SSSR count). The monoisotopic (exact) mass is 388 g/mol. The third-order valence-electron chi connectivity index (χ3n) is 5.89. The standard InChI is InChI=1S/C21H22F2N2O3/c22-17-3-1-2-13(20(17)23)6-21(28)7-14-10-25(11-15(14)8-21)12-19(27)18-5-4-16(26)9-24-18/h1-5,9,14-15,26,28H,6-8,10-12H2. The zero-order valence-corrected chi connectivity index (χ0v) is 15.3. The third-order valence-corrected chi connectivity index (χ3v) is 5.89. The van der Waals surface area contributed by atoms with Crippen molar-refractivity contribution in [2.24, 2.45) is 11.8 Å². The first kappa shape index (κ1) is 19.0. The summed E-state index contributed by atoms with van der Waals surface area (Å²) < 4.78 is 27.4. The van der Waals surface area contributed by atoms with Crippen LogP contribution in [-0.2, 0) is 6.42 Å². The molecule has 2 unspecified atom stereocenters. The molecule has 7 heteroatoms. The summed E-state index contributed by atoms with van der Waals surface area (Å²) in [5, 5.41) is 20.2. The zero-order valence-electron chi connectivity index (χ0n) is 15.3. The lowest BCUT2D eigenvalue weighted by molar-refractivity contribution is 0.0346. The number of pyridine rings is 1. The normalized spacial score (nSPS) is 27.1. The van der Waals surface area contributed by atoms with Crippen molar-refractivity contribution in [3.8, 4) is 5.75 Å². The molecule has 1 aliphatic carbocycles. The SMILES string of the molecule is O=C(CN1CC2CC(O)(Cc3cccc(F)c3F)CC2C1)c1ccc(O)cn1. The van der Waals surface area contributed by atoms with Crippen LogP contribution in [0.1, 0.15) is 28.9 Å². The number of carbonyl (C=O) groups excluding carboxylic acids is 1. The number of fused-ring (bicyclic) bond motifs is 1. The van der Waals surface area contributed by atoms with Crippen LogP contribution in [0.3, 0.4) is 0 Å². The summed E-state index contributed by atoms with van der Waals surface area (Å²) in [5.41, 5.74) is -0.528. The summed E-state index contributed by atoms with van der Waals surface area (Å²) in [6, 6.07) is 6.98. The van der Waals surface area contributed by atoms with Crippen LogP contribution in [0, 0.1) is 23.5 Å². The highest BCUT2D eigenvalue weighted by atomic mass is 19.2. The molecule has 28 heavy (non-hydrogen) atoms. The van der Waals surface area contributed by atoms with Crippen LogP contribution < -0.4 is 0 Å². The van der Waals surface area contributed by atoms with Gasteiger partial charge in [-0.15, -0.1) is 0 Å².